The molecule has 0 aliphatic heterocycles. The summed E-state index contributed by atoms with van der Waals surface area (Å²) in [6.07, 6.45) is -4.51. The lowest BCUT2D eigenvalue weighted by atomic mass is 10.2. The quantitative estimate of drug-likeness (QED) is 0.778. The molecule has 0 saturated carbocycles. The summed E-state index contributed by atoms with van der Waals surface area (Å²) < 4.78 is 67.5. The lowest BCUT2D eigenvalue weighted by molar-refractivity contribution is -0.153. The molecule has 2 aromatic carbocycles. The molecule has 10 heteroatoms. The predicted molar refractivity (Wildman–Crippen MR) is 93.4 cm³/mol. The van der Waals surface area contributed by atoms with Crippen molar-refractivity contribution in [1.29, 1.82) is 0 Å². The van der Waals surface area contributed by atoms with Gasteiger partial charge in [0.1, 0.15) is 5.75 Å². The van der Waals surface area contributed by atoms with E-state index < -0.39 is 28.7 Å². The Morgan fingerprint density at radius 3 is 2.30 bits per heavy atom. The molecule has 0 radical (unpaired) electrons. The molecule has 0 fully saturated rings. The number of benzene rings is 2. The van der Waals surface area contributed by atoms with E-state index >= 15 is 0 Å². The fourth-order valence-electron chi connectivity index (χ4n) is 2.11. The third-order valence-corrected chi connectivity index (χ3v) is 4.90. The molecule has 27 heavy (non-hydrogen) atoms. The van der Waals surface area contributed by atoms with Gasteiger partial charge in [-0.25, -0.2) is 13.1 Å². The van der Waals surface area contributed by atoms with Gasteiger partial charge in [0.25, 0.3) is 5.91 Å². The van der Waals surface area contributed by atoms with Crippen LogP contribution in [0.15, 0.2) is 47.4 Å². The molecule has 0 atom stereocenters. The van der Waals surface area contributed by atoms with E-state index in [4.69, 9.17) is 4.74 Å². The molecule has 0 aromatic heterocycles. The van der Waals surface area contributed by atoms with E-state index in [1.54, 1.807) is 13.0 Å². The molecule has 2 aromatic rings. The van der Waals surface area contributed by atoms with Gasteiger partial charge in [-0.2, -0.15) is 13.2 Å². The number of ether oxygens (including phenoxy) is 1. The maximum absolute atomic E-state index is 12.4. The second-order valence-electron chi connectivity index (χ2n) is 5.59. The van der Waals surface area contributed by atoms with Crippen molar-refractivity contribution >= 4 is 21.6 Å². The molecular weight excluding hydrogens is 385 g/mol. The van der Waals surface area contributed by atoms with Gasteiger partial charge in [-0.15, -0.1) is 0 Å². The van der Waals surface area contributed by atoms with Crippen molar-refractivity contribution in [3.8, 4) is 5.75 Å². The summed E-state index contributed by atoms with van der Waals surface area (Å²) in [5, 5.41) is 2.47. The number of rotatable bonds is 6. The number of alkyl halides is 3. The summed E-state index contributed by atoms with van der Waals surface area (Å²) in [6.45, 7) is 0.183. The zero-order chi connectivity index (χ0) is 20.2. The summed E-state index contributed by atoms with van der Waals surface area (Å²) in [7, 11) is -2.38. The number of sulfonamides is 1. The number of amides is 1. The summed E-state index contributed by atoms with van der Waals surface area (Å²) in [6, 6.07) is 9.50. The average molecular weight is 402 g/mol. The minimum Gasteiger partial charge on any atom is -0.482 e. The molecule has 0 aliphatic carbocycles. The monoisotopic (exact) mass is 402 g/mol. The van der Waals surface area contributed by atoms with Crippen LogP contribution in [-0.4, -0.2) is 34.2 Å². The SMILES string of the molecule is CNS(=O)(=O)c1ccc(C(=O)Nc2ccc(C)cc2OCC(F)(F)F)cc1. The van der Waals surface area contributed by atoms with Crippen LogP contribution in [0.25, 0.3) is 0 Å². The molecule has 6 nitrogen and oxygen atoms in total. The first-order valence-electron chi connectivity index (χ1n) is 7.67. The minimum atomic E-state index is -4.51. The molecule has 2 N–H and O–H groups in total. The number of aryl methyl sites for hydroxylation is 1. The van der Waals surface area contributed by atoms with Gasteiger partial charge in [0.2, 0.25) is 10.0 Å². The maximum Gasteiger partial charge on any atom is 0.422 e. The molecular formula is C17H17F3N2O4S. The van der Waals surface area contributed by atoms with Crippen molar-refractivity contribution in [2.45, 2.75) is 18.0 Å². The molecule has 1 amide bonds. The van der Waals surface area contributed by atoms with E-state index in [1.807, 2.05) is 0 Å². The zero-order valence-electron chi connectivity index (χ0n) is 14.4. The molecule has 0 heterocycles. The Morgan fingerprint density at radius 1 is 1.11 bits per heavy atom. The van der Waals surface area contributed by atoms with Gasteiger partial charge in [-0.3, -0.25) is 4.79 Å². The Balaban J connectivity index is 2.20. The van der Waals surface area contributed by atoms with Gasteiger partial charge in [-0.1, -0.05) is 6.07 Å². The van der Waals surface area contributed by atoms with E-state index in [1.165, 1.54) is 43.4 Å². The highest BCUT2D eigenvalue weighted by Crippen LogP contribution is 2.28. The van der Waals surface area contributed by atoms with Crippen LogP contribution in [0.1, 0.15) is 15.9 Å². The van der Waals surface area contributed by atoms with Crippen LogP contribution < -0.4 is 14.8 Å². The highest BCUT2D eigenvalue weighted by molar-refractivity contribution is 7.89. The molecule has 2 rings (SSSR count). The first kappa shape index (κ1) is 20.7. The topological polar surface area (TPSA) is 84.5 Å². The number of hydrogen-bond acceptors (Lipinski definition) is 4. The predicted octanol–water partition coefficient (Wildman–Crippen LogP) is 3.10. The second-order valence-corrected chi connectivity index (χ2v) is 7.48. The zero-order valence-corrected chi connectivity index (χ0v) is 15.2. The van der Waals surface area contributed by atoms with Crippen LogP contribution in [-0.2, 0) is 10.0 Å². The van der Waals surface area contributed by atoms with Crippen molar-refractivity contribution in [3.63, 3.8) is 0 Å². The fourth-order valence-corrected chi connectivity index (χ4v) is 2.84. The Labute approximate surface area is 154 Å². The van der Waals surface area contributed by atoms with Crippen LogP contribution in [0.2, 0.25) is 0 Å². The average Bonchev–Trinajstić information content (AvgIpc) is 2.61. The van der Waals surface area contributed by atoms with Gasteiger partial charge < -0.3 is 10.1 Å². The summed E-state index contributed by atoms with van der Waals surface area (Å²) in [5.74, 6) is -0.737. The molecule has 0 unspecified atom stereocenters. The Kier molecular flexibility index (Phi) is 6.11. The van der Waals surface area contributed by atoms with Crippen molar-refractivity contribution < 1.29 is 31.1 Å². The number of carbonyl (C=O) groups is 1. The number of nitrogens with one attached hydrogen (secondary N) is 2. The van der Waals surface area contributed by atoms with E-state index in [2.05, 4.69) is 10.0 Å². The first-order chi connectivity index (χ1) is 12.5. The Morgan fingerprint density at radius 2 is 1.74 bits per heavy atom. The number of hydrogen-bond donors (Lipinski definition) is 2. The van der Waals surface area contributed by atoms with Crippen molar-refractivity contribution in [2.75, 3.05) is 19.0 Å². The van der Waals surface area contributed by atoms with Gasteiger partial charge in [0, 0.05) is 5.56 Å². The summed E-state index contributed by atoms with van der Waals surface area (Å²) in [4.78, 5) is 12.3. The van der Waals surface area contributed by atoms with Gasteiger partial charge in [0.05, 0.1) is 10.6 Å². The maximum atomic E-state index is 12.4. The second kappa shape index (κ2) is 7.97. The number of anilines is 1. The van der Waals surface area contributed by atoms with E-state index in [0.29, 0.717) is 5.56 Å². The molecule has 0 aliphatic rings. The van der Waals surface area contributed by atoms with Crippen LogP contribution in [0.4, 0.5) is 18.9 Å². The van der Waals surface area contributed by atoms with Crippen LogP contribution in [0, 0.1) is 6.92 Å². The molecule has 0 spiro atoms. The Bertz CT molecular complexity index is 926. The van der Waals surface area contributed by atoms with Crippen LogP contribution in [0.5, 0.6) is 5.75 Å². The molecule has 0 bridgehead atoms. The van der Waals surface area contributed by atoms with E-state index in [-0.39, 0.29) is 21.9 Å². The van der Waals surface area contributed by atoms with Crippen LogP contribution >= 0.6 is 0 Å². The first-order valence-corrected chi connectivity index (χ1v) is 9.15. The third kappa shape index (κ3) is 5.69. The van der Waals surface area contributed by atoms with E-state index in [9.17, 15) is 26.4 Å². The molecule has 146 valence electrons. The number of halogens is 3. The highest BCUT2D eigenvalue weighted by atomic mass is 32.2. The van der Waals surface area contributed by atoms with Crippen molar-refractivity contribution in [3.05, 3.63) is 53.6 Å². The van der Waals surface area contributed by atoms with Gasteiger partial charge in [-0.05, 0) is 55.9 Å². The smallest absolute Gasteiger partial charge is 0.422 e. The normalized spacial score (nSPS) is 11.9. The van der Waals surface area contributed by atoms with Gasteiger partial charge >= 0.3 is 6.18 Å². The highest BCUT2D eigenvalue weighted by Gasteiger charge is 2.29. The van der Waals surface area contributed by atoms with Crippen molar-refractivity contribution in [1.82, 2.24) is 4.72 Å². The Hall–Kier alpha value is -2.59. The largest absolute Gasteiger partial charge is 0.482 e. The van der Waals surface area contributed by atoms with Gasteiger partial charge in [0.15, 0.2) is 6.61 Å². The standard InChI is InChI=1S/C17H17F3N2O4S/c1-11-3-8-14(15(9-11)26-10-17(18,19)20)22-16(23)12-4-6-13(7-5-12)27(24,25)21-2/h3-9,21H,10H2,1-2H3,(H,22,23). The minimum absolute atomic E-state index is 0.0221. The lowest BCUT2D eigenvalue weighted by Gasteiger charge is -2.15. The number of carbonyl (C=O) groups excluding carboxylic acids is 1. The third-order valence-electron chi connectivity index (χ3n) is 3.47. The summed E-state index contributed by atoms with van der Waals surface area (Å²) in [5.41, 5.74) is 0.862. The van der Waals surface area contributed by atoms with E-state index in [0.717, 1.165) is 0 Å². The molecule has 0 saturated heterocycles. The van der Waals surface area contributed by atoms with Crippen molar-refractivity contribution in [2.24, 2.45) is 0 Å². The van der Waals surface area contributed by atoms with Crippen LogP contribution in [0.3, 0.4) is 0 Å². The lowest BCUT2D eigenvalue weighted by Crippen LogP contribution is -2.20. The fraction of sp³-hybridized carbons (Fsp3) is 0.235. The summed E-state index contributed by atoms with van der Waals surface area (Å²) >= 11 is 0.